The van der Waals surface area contributed by atoms with E-state index in [4.69, 9.17) is 25.5 Å². The van der Waals surface area contributed by atoms with Crippen LogP contribution in [-0.2, 0) is 19.2 Å². The van der Waals surface area contributed by atoms with Crippen LogP contribution in [0.4, 0.5) is 0 Å². The van der Waals surface area contributed by atoms with Crippen LogP contribution < -0.4 is 0 Å². The van der Waals surface area contributed by atoms with E-state index < -0.39 is 23.9 Å². The summed E-state index contributed by atoms with van der Waals surface area (Å²) in [4.78, 5) is 39.9. The smallest absolute Gasteiger partial charge is 0.303 e. The highest BCUT2D eigenvalue weighted by molar-refractivity contribution is 5.68. The summed E-state index contributed by atoms with van der Waals surface area (Å²) in [5, 5.41) is 39.8. The van der Waals surface area contributed by atoms with E-state index in [0.29, 0.717) is 25.7 Å². The van der Waals surface area contributed by atoms with Crippen LogP contribution in [0.3, 0.4) is 0 Å². The standard InChI is InChI=1S/C8H14O4.C6H10O4.CH4O/c9-7(10)5-3-1-2-4-6-8(11)12;7-5(8)3-1-2-4-6(9)10;1-2/h1-6H2,(H,9,10)(H,11,12);1-4H2,(H,7,8)(H,9,10);2H,1H3. The summed E-state index contributed by atoms with van der Waals surface area (Å²) < 4.78 is 0. The molecule has 0 atom stereocenters. The van der Waals surface area contributed by atoms with Crippen molar-refractivity contribution in [3.05, 3.63) is 0 Å². The Labute approximate surface area is 140 Å². The number of hydrogen-bond acceptors (Lipinski definition) is 5. The monoisotopic (exact) mass is 352 g/mol. The molecule has 0 radical (unpaired) electrons. The van der Waals surface area contributed by atoms with Gasteiger partial charge in [0.15, 0.2) is 0 Å². The zero-order valence-corrected chi connectivity index (χ0v) is 13.9. The summed E-state index contributed by atoms with van der Waals surface area (Å²) in [6.45, 7) is 0. The molecule has 0 aliphatic rings. The highest BCUT2D eigenvalue weighted by Crippen LogP contribution is 2.04. The van der Waals surface area contributed by atoms with Gasteiger partial charge in [0.05, 0.1) is 0 Å². The van der Waals surface area contributed by atoms with Crippen molar-refractivity contribution in [2.45, 2.75) is 64.2 Å². The maximum Gasteiger partial charge on any atom is 0.303 e. The fourth-order valence-electron chi connectivity index (χ4n) is 1.46. The Bertz CT molecular complexity index is 319. The molecule has 9 heteroatoms. The largest absolute Gasteiger partial charge is 0.481 e. The average Bonchev–Trinajstić information content (AvgIpc) is 2.49. The molecule has 0 saturated carbocycles. The minimum absolute atomic E-state index is 0.0628. The lowest BCUT2D eigenvalue weighted by Crippen LogP contribution is -1.97. The molecule has 142 valence electrons. The Morgan fingerprint density at radius 2 is 0.625 bits per heavy atom. The van der Waals surface area contributed by atoms with Crippen molar-refractivity contribution in [3.63, 3.8) is 0 Å². The Morgan fingerprint density at radius 1 is 0.458 bits per heavy atom. The maximum absolute atomic E-state index is 10.0. The van der Waals surface area contributed by atoms with Gasteiger partial charge >= 0.3 is 23.9 Å². The molecule has 0 bridgehead atoms. The minimum Gasteiger partial charge on any atom is -0.481 e. The van der Waals surface area contributed by atoms with Crippen LogP contribution >= 0.6 is 0 Å². The van der Waals surface area contributed by atoms with E-state index in [-0.39, 0.29) is 25.7 Å². The lowest BCUT2D eigenvalue weighted by molar-refractivity contribution is -0.139. The summed E-state index contributed by atoms with van der Waals surface area (Å²) in [7, 11) is 1.00. The van der Waals surface area contributed by atoms with Gasteiger partial charge < -0.3 is 25.5 Å². The van der Waals surface area contributed by atoms with Gasteiger partial charge in [0.2, 0.25) is 0 Å². The zero-order chi connectivity index (χ0) is 19.4. The molecule has 0 unspecified atom stereocenters. The van der Waals surface area contributed by atoms with Crippen LogP contribution in [0, 0.1) is 0 Å². The number of aliphatic hydroxyl groups is 1. The van der Waals surface area contributed by atoms with E-state index in [1.807, 2.05) is 0 Å². The lowest BCUT2D eigenvalue weighted by atomic mass is 10.1. The first-order valence-electron chi connectivity index (χ1n) is 7.57. The van der Waals surface area contributed by atoms with Crippen molar-refractivity contribution in [3.8, 4) is 0 Å². The number of aliphatic carboxylic acids is 4. The molecule has 0 spiro atoms. The first kappa shape index (κ1) is 26.7. The number of hydrogen-bond donors (Lipinski definition) is 5. The number of carbonyl (C=O) groups is 4. The summed E-state index contributed by atoms with van der Waals surface area (Å²) in [6, 6.07) is 0. The molecule has 0 aliphatic carbocycles. The molecule has 5 N–H and O–H groups in total. The second kappa shape index (κ2) is 20.8. The highest BCUT2D eigenvalue weighted by atomic mass is 16.4. The van der Waals surface area contributed by atoms with Gasteiger partial charge in [-0.2, -0.15) is 0 Å². The summed E-state index contributed by atoms with van der Waals surface area (Å²) in [5.41, 5.74) is 0. The third-order valence-electron chi connectivity index (χ3n) is 2.56. The molecule has 0 saturated heterocycles. The van der Waals surface area contributed by atoms with Crippen LogP contribution in [0.15, 0.2) is 0 Å². The molecule has 0 amide bonds. The summed E-state index contributed by atoms with van der Waals surface area (Å²) in [6.07, 6.45) is 4.30. The Balaban J connectivity index is -0.000000337. The van der Waals surface area contributed by atoms with Gasteiger partial charge in [-0.15, -0.1) is 0 Å². The van der Waals surface area contributed by atoms with E-state index in [1.165, 1.54) is 0 Å². The second-order valence-electron chi connectivity index (χ2n) is 4.70. The van der Waals surface area contributed by atoms with Gasteiger partial charge in [-0.3, -0.25) is 19.2 Å². The number of carboxylic acids is 4. The Hall–Kier alpha value is -2.16. The van der Waals surface area contributed by atoms with E-state index >= 15 is 0 Å². The van der Waals surface area contributed by atoms with Gasteiger partial charge in [-0.1, -0.05) is 12.8 Å². The van der Waals surface area contributed by atoms with Gasteiger partial charge in [0.25, 0.3) is 0 Å². The molecule has 0 fully saturated rings. The normalized spacial score (nSPS) is 8.92. The average molecular weight is 352 g/mol. The highest BCUT2D eigenvalue weighted by Gasteiger charge is 1.99. The Morgan fingerprint density at radius 3 is 0.792 bits per heavy atom. The predicted octanol–water partition coefficient (Wildman–Crippen LogP) is 1.82. The predicted molar refractivity (Wildman–Crippen MR) is 84.9 cm³/mol. The maximum atomic E-state index is 10.0. The van der Waals surface area contributed by atoms with Crippen molar-refractivity contribution in [2.75, 3.05) is 7.11 Å². The number of aliphatic hydroxyl groups excluding tert-OH is 1. The van der Waals surface area contributed by atoms with Gasteiger partial charge in [-0.25, -0.2) is 0 Å². The van der Waals surface area contributed by atoms with E-state index in [0.717, 1.165) is 20.0 Å². The molecule has 0 aromatic carbocycles. The van der Waals surface area contributed by atoms with E-state index in [1.54, 1.807) is 0 Å². The summed E-state index contributed by atoms with van der Waals surface area (Å²) >= 11 is 0. The van der Waals surface area contributed by atoms with E-state index in [9.17, 15) is 19.2 Å². The first-order valence-corrected chi connectivity index (χ1v) is 7.57. The fraction of sp³-hybridized carbons (Fsp3) is 0.733. The molecule has 24 heavy (non-hydrogen) atoms. The molecule has 0 heterocycles. The van der Waals surface area contributed by atoms with Crippen molar-refractivity contribution >= 4 is 23.9 Å². The van der Waals surface area contributed by atoms with Crippen molar-refractivity contribution in [1.82, 2.24) is 0 Å². The van der Waals surface area contributed by atoms with Gasteiger partial charge in [-0.05, 0) is 25.7 Å². The topological polar surface area (TPSA) is 169 Å². The number of rotatable bonds is 12. The minimum atomic E-state index is -0.870. The number of unbranched alkanes of at least 4 members (excludes halogenated alkanes) is 4. The van der Waals surface area contributed by atoms with Crippen LogP contribution in [-0.4, -0.2) is 56.5 Å². The van der Waals surface area contributed by atoms with Gasteiger partial charge in [0.1, 0.15) is 0 Å². The fourth-order valence-corrected chi connectivity index (χ4v) is 1.46. The summed E-state index contributed by atoms with van der Waals surface area (Å²) in [5.74, 6) is -3.31. The molecule has 0 aromatic heterocycles. The molecule has 0 rings (SSSR count). The van der Waals surface area contributed by atoms with Crippen molar-refractivity contribution in [1.29, 1.82) is 0 Å². The zero-order valence-electron chi connectivity index (χ0n) is 13.9. The van der Waals surface area contributed by atoms with Crippen LogP contribution in [0.25, 0.3) is 0 Å². The second-order valence-corrected chi connectivity index (χ2v) is 4.70. The SMILES string of the molecule is CO.O=C(O)CCCCC(=O)O.O=C(O)CCCCCCC(=O)O. The van der Waals surface area contributed by atoms with Crippen LogP contribution in [0.2, 0.25) is 0 Å². The molecular weight excluding hydrogens is 324 g/mol. The molecule has 9 nitrogen and oxygen atoms in total. The molecular formula is C15H28O9. The van der Waals surface area contributed by atoms with Crippen LogP contribution in [0.1, 0.15) is 64.2 Å². The van der Waals surface area contributed by atoms with Crippen LogP contribution in [0.5, 0.6) is 0 Å². The quantitative estimate of drug-likeness (QED) is 0.329. The molecule has 0 aromatic rings. The first-order chi connectivity index (χ1) is 11.3. The van der Waals surface area contributed by atoms with Crippen molar-refractivity contribution in [2.24, 2.45) is 0 Å². The van der Waals surface area contributed by atoms with Gasteiger partial charge in [0, 0.05) is 32.8 Å². The molecule has 0 aliphatic heterocycles. The van der Waals surface area contributed by atoms with Crippen molar-refractivity contribution < 1.29 is 44.7 Å². The lowest BCUT2D eigenvalue weighted by Gasteiger charge is -1.96. The number of carboxylic acid groups (broad SMARTS) is 4. The Kier molecular flexibility index (Phi) is 23.2. The third-order valence-corrected chi connectivity index (χ3v) is 2.56. The third kappa shape index (κ3) is 36.8. The van der Waals surface area contributed by atoms with E-state index in [2.05, 4.69) is 0 Å².